The van der Waals surface area contributed by atoms with Gasteiger partial charge in [-0.1, -0.05) is 71.3 Å². The average Bonchev–Trinajstić information content (AvgIpc) is 2.34. The normalized spacial score (nSPS) is 14.5. The molecule has 0 saturated carbocycles. The maximum atomic E-state index is 10.0. The summed E-state index contributed by atoms with van der Waals surface area (Å²) in [7, 11) is 0. The summed E-state index contributed by atoms with van der Waals surface area (Å²) in [5.74, 6) is 0.306. The van der Waals surface area contributed by atoms with E-state index in [0.29, 0.717) is 5.92 Å². The highest BCUT2D eigenvalue weighted by molar-refractivity contribution is 4.84. The Labute approximate surface area is 108 Å². The molecule has 0 aromatic heterocycles. The zero-order valence-corrected chi connectivity index (χ0v) is 12.0. The van der Waals surface area contributed by atoms with E-state index in [0.717, 1.165) is 19.3 Å². The summed E-state index contributed by atoms with van der Waals surface area (Å²) in [4.78, 5) is 0. The van der Waals surface area contributed by atoms with Crippen LogP contribution in [0, 0.1) is 5.92 Å². The molecule has 1 nitrogen and oxygen atoms in total. The molecular weight excluding hydrogens is 208 g/mol. The van der Waals surface area contributed by atoms with Crippen LogP contribution in [0.3, 0.4) is 0 Å². The van der Waals surface area contributed by atoms with Gasteiger partial charge in [-0.05, 0) is 12.8 Å². The van der Waals surface area contributed by atoms with Crippen LogP contribution in [0.2, 0.25) is 0 Å². The van der Waals surface area contributed by atoms with E-state index in [2.05, 4.69) is 20.4 Å². The topological polar surface area (TPSA) is 20.2 Å². The number of aliphatic hydroxyl groups is 1. The Hall–Kier alpha value is -0.300. The largest absolute Gasteiger partial charge is 0.393 e. The lowest BCUT2D eigenvalue weighted by atomic mass is 9.93. The van der Waals surface area contributed by atoms with Crippen molar-refractivity contribution in [1.29, 1.82) is 0 Å². The van der Waals surface area contributed by atoms with E-state index < -0.39 is 0 Å². The maximum Gasteiger partial charge on any atom is 0.0602 e. The highest BCUT2D eigenvalue weighted by atomic mass is 16.3. The van der Waals surface area contributed by atoms with E-state index in [1.807, 2.05) is 6.08 Å². The summed E-state index contributed by atoms with van der Waals surface area (Å²) in [6.07, 6.45) is 14.1. The van der Waals surface area contributed by atoms with E-state index >= 15 is 0 Å². The van der Waals surface area contributed by atoms with Crippen LogP contribution in [0.4, 0.5) is 0 Å². The van der Waals surface area contributed by atoms with Gasteiger partial charge >= 0.3 is 0 Å². The van der Waals surface area contributed by atoms with Gasteiger partial charge in [-0.15, -0.1) is 6.58 Å². The van der Waals surface area contributed by atoms with Crippen molar-refractivity contribution < 1.29 is 5.11 Å². The molecule has 0 heterocycles. The Morgan fingerprint density at radius 2 is 1.47 bits per heavy atom. The summed E-state index contributed by atoms with van der Waals surface area (Å²) in [5, 5.41) is 10.0. The Morgan fingerprint density at radius 1 is 0.882 bits per heavy atom. The summed E-state index contributed by atoms with van der Waals surface area (Å²) in [6.45, 7) is 8.23. The second-order valence-electron chi connectivity index (χ2n) is 5.17. The quantitative estimate of drug-likeness (QED) is 0.372. The van der Waals surface area contributed by atoms with Gasteiger partial charge in [0.25, 0.3) is 0 Å². The minimum absolute atomic E-state index is 0.164. The van der Waals surface area contributed by atoms with Crippen molar-refractivity contribution in [1.82, 2.24) is 0 Å². The molecule has 0 aliphatic rings. The summed E-state index contributed by atoms with van der Waals surface area (Å²) in [6, 6.07) is 0. The van der Waals surface area contributed by atoms with E-state index in [9.17, 15) is 5.11 Å². The molecule has 0 fully saturated rings. The Bertz CT molecular complexity index is 165. The van der Waals surface area contributed by atoms with Crippen molar-refractivity contribution in [3.8, 4) is 0 Å². The number of unbranched alkanes of at least 4 members (excludes halogenated alkanes) is 6. The van der Waals surface area contributed by atoms with Crippen LogP contribution in [0.25, 0.3) is 0 Å². The summed E-state index contributed by atoms with van der Waals surface area (Å²) >= 11 is 0. The monoisotopic (exact) mass is 240 g/mol. The van der Waals surface area contributed by atoms with E-state index in [4.69, 9.17) is 0 Å². The molecule has 1 unspecified atom stereocenters. The first-order chi connectivity index (χ1) is 8.26. The molecule has 0 aromatic carbocycles. The standard InChI is InChI=1S/C16H32O/c1-4-7-8-9-10-11-12-14-16(17)15(6-3)13-5-2/h6,15-17H,3-5,7-14H2,1-2H3/t15?,16-/m0/s1. The third-order valence-electron chi connectivity index (χ3n) is 3.52. The SMILES string of the molecule is C=CC(CCC)[C@@H](O)CCCCCCCCC. The Balaban J connectivity index is 3.42. The maximum absolute atomic E-state index is 10.0. The molecule has 0 rings (SSSR count). The molecule has 0 saturated heterocycles. The van der Waals surface area contributed by atoms with Gasteiger partial charge in [0.2, 0.25) is 0 Å². The molecule has 0 spiro atoms. The predicted molar refractivity (Wildman–Crippen MR) is 77.2 cm³/mol. The van der Waals surface area contributed by atoms with Gasteiger partial charge < -0.3 is 5.11 Å². The first kappa shape index (κ1) is 16.7. The van der Waals surface area contributed by atoms with E-state index in [1.54, 1.807) is 0 Å². The fourth-order valence-corrected chi connectivity index (χ4v) is 2.33. The molecule has 17 heavy (non-hydrogen) atoms. The Morgan fingerprint density at radius 3 is 2.00 bits per heavy atom. The second kappa shape index (κ2) is 12.2. The number of hydrogen-bond donors (Lipinski definition) is 1. The zero-order valence-electron chi connectivity index (χ0n) is 12.0. The minimum atomic E-state index is -0.164. The molecule has 0 radical (unpaired) electrons. The molecule has 1 heteroatoms. The van der Waals surface area contributed by atoms with Crippen LogP contribution in [-0.2, 0) is 0 Å². The second-order valence-corrected chi connectivity index (χ2v) is 5.17. The number of aliphatic hydroxyl groups excluding tert-OH is 1. The van der Waals surface area contributed by atoms with Crippen LogP contribution in [0.1, 0.15) is 78.1 Å². The first-order valence-electron chi connectivity index (χ1n) is 7.56. The molecule has 1 N–H and O–H groups in total. The zero-order chi connectivity index (χ0) is 12.9. The van der Waals surface area contributed by atoms with Crippen LogP contribution in [0.5, 0.6) is 0 Å². The summed E-state index contributed by atoms with van der Waals surface area (Å²) < 4.78 is 0. The van der Waals surface area contributed by atoms with Gasteiger partial charge in [-0.3, -0.25) is 0 Å². The van der Waals surface area contributed by atoms with Gasteiger partial charge in [-0.2, -0.15) is 0 Å². The molecule has 2 atom stereocenters. The van der Waals surface area contributed by atoms with Crippen molar-refractivity contribution in [2.75, 3.05) is 0 Å². The van der Waals surface area contributed by atoms with Crippen LogP contribution < -0.4 is 0 Å². The predicted octanol–water partition coefficient (Wildman–Crippen LogP) is 5.09. The Kier molecular flexibility index (Phi) is 12.0. The fraction of sp³-hybridized carbons (Fsp3) is 0.875. The molecule has 0 aliphatic heterocycles. The number of hydrogen-bond acceptors (Lipinski definition) is 1. The molecule has 0 aromatic rings. The lowest BCUT2D eigenvalue weighted by Crippen LogP contribution is -2.18. The average molecular weight is 240 g/mol. The lowest BCUT2D eigenvalue weighted by Gasteiger charge is -2.18. The van der Waals surface area contributed by atoms with Crippen molar-refractivity contribution in [2.24, 2.45) is 5.92 Å². The van der Waals surface area contributed by atoms with Crippen LogP contribution >= 0.6 is 0 Å². The third-order valence-corrected chi connectivity index (χ3v) is 3.52. The van der Waals surface area contributed by atoms with Gasteiger partial charge in [0, 0.05) is 5.92 Å². The molecule has 0 bridgehead atoms. The van der Waals surface area contributed by atoms with Crippen LogP contribution in [-0.4, -0.2) is 11.2 Å². The molecular formula is C16H32O. The highest BCUT2D eigenvalue weighted by Gasteiger charge is 2.14. The molecule has 0 aliphatic carbocycles. The smallest absolute Gasteiger partial charge is 0.0602 e. The lowest BCUT2D eigenvalue weighted by molar-refractivity contribution is 0.113. The molecule has 102 valence electrons. The van der Waals surface area contributed by atoms with Gasteiger partial charge in [0.15, 0.2) is 0 Å². The van der Waals surface area contributed by atoms with Crippen LogP contribution in [0.15, 0.2) is 12.7 Å². The minimum Gasteiger partial charge on any atom is -0.393 e. The van der Waals surface area contributed by atoms with Crippen molar-refractivity contribution in [3.63, 3.8) is 0 Å². The third kappa shape index (κ3) is 9.41. The summed E-state index contributed by atoms with van der Waals surface area (Å²) in [5.41, 5.74) is 0. The fourth-order valence-electron chi connectivity index (χ4n) is 2.33. The van der Waals surface area contributed by atoms with E-state index in [-0.39, 0.29) is 6.10 Å². The van der Waals surface area contributed by atoms with Gasteiger partial charge in [0.05, 0.1) is 6.10 Å². The van der Waals surface area contributed by atoms with Gasteiger partial charge in [0.1, 0.15) is 0 Å². The molecule has 0 amide bonds. The highest BCUT2D eigenvalue weighted by Crippen LogP contribution is 2.18. The van der Waals surface area contributed by atoms with Crippen molar-refractivity contribution in [3.05, 3.63) is 12.7 Å². The number of rotatable bonds is 12. The van der Waals surface area contributed by atoms with Gasteiger partial charge in [-0.25, -0.2) is 0 Å². The van der Waals surface area contributed by atoms with Crippen molar-refractivity contribution >= 4 is 0 Å². The first-order valence-corrected chi connectivity index (χ1v) is 7.56. The van der Waals surface area contributed by atoms with E-state index in [1.165, 1.54) is 44.9 Å². The van der Waals surface area contributed by atoms with Crippen molar-refractivity contribution in [2.45, 2.75) is 84.2 Å².